The van der Waals surface area contributed by atoms with E-state index in [2.05, 4.69) is 4.98 Å². The molecule has 0 saturated carbocycles. The number of hydrogen-bond donors (Lipinski definition) is 1. The zero-order valence-electron chi connectivity index (χ0n) is 11.2. The molecule has 0 fully saturated rings. The maximum atomic E-state index is 12.4. The van der Waals surface area contributed by atoms with Crippen LogP contribution in [0.1, 0.15) is 15.6 Å². The number of rotatable bonds is 6. The highest BCUT2D eigenvalue weighted by Gasteiger charge is 2.23. The van der Waals surface area contributed by atoms with Gasteiger partial charge in [0.2, 0.25) is 0 Å². The van der Waals surface area contributed by atoms with Crippen LogP contribution in [0.15, 0.2) is 21.7 Å². The molecule has 0 spiro atoms. The molecule has 0 aliphatic carbocycles. The molecule has 0 unspecified atom stereocenters. The lowest BCUT2D eigenvalue weighted by Gasteiger charge is -2.14. The minimum atomic E-state index is -3.49. The first-order valence-electron chi connectivity index (χ1n) is 6.00. The minimum Gasteiger partial charge on any atom is -0.396 e. The van der Waals surface area contributed by atoms with Gasteiger partial charge >= 0.3 is 0 Å². The fourth-order valence-corrected chi connectivity index (χ4v) is 4.99. The number of thiazole rings is 1. The summed E-state index contributed by atoms with van der Waals surface area (Å²) in [7, 11) is -1.94. The molecule has 2 aromatic rings. The lowest BCUT2D eigenvalue weighted by molar-refractivity contribution is 0.300. The van der Waals surface area contributed by atoms with Crippen LogP contribution in [0.4, 0.5) is 0 Å². The first-order valence-corrected chi connectivity index (χ1v) is 9.14. The molecule has 5 nitrogen and oxygen atoms in total. The average molecular weight is 332 g/mol. The average Bonchev–Trinajstić information content (AvgIpc) is 2.99. The summed E-state index contributed by atoms with van der Waals surface area (Å²) in [4.78, 5) is 5.14. The molecule has 0 bridgehead atoms. The van der Waals surface area contributed by atoms with Crippen molar-refractivity contribution in [2.75, 3.05) is 13.7 Å². The smallest absolute Gasteiger partial charge is 0.252 e. The number of thiophene rings is 1. The molecule has 1 N–H and O–H groups in total. The van der Waals surface area contributed by atoms with Gasteiger partial charge in [-0.3, -0.25) is 0 Å². The molecular weight excluding hydrogens is 316 g/mol. The number of nitrogens with zero attached hydrogens (tertiary/aromatic N) is 2. The lowest BCUT2D eigenvalue weighted by atomic mass is 10.4. The predicted molar refractivity (Wildman–Crippen MR) is 80.6 cm³/mol. The molecule has 0 amide bonds. The Labute approximate surface area is 126 Å². The van der Waals surface area contributed by atoms with E-state index in [1.165, 1.54) is 27.0 Å². The second kappa shape index (κ2) is 6.31. The van der Waals surface area contributed by atoms with Crippen LogP contribution in [0.3, 0.4) is 0 Å². The third kappa shape index (κ3) is 3.44. The van der Waals surface area contributed by atoms with Crippen LogP contribution in [0.5, 0.6) is 0 Å². The molecule has 0 aromatic carbocycles. The van der Waals surface area contributed by atoms with Gasteiger partial charge in [0, 0.05) is 30.3 Å². The summed E-state index contributed by atoms with van der Waals surface area (Å²) in [6.07, 6.45) is 0.481. The van der Waals surface area contributed by atoms with Crippen LogP contribution in [-0.2, 0) is 23.0 Å². The summed E-state index contributed by atoms with van der Waals surface area (Å²) in [5.41, 5.74) is 0.755. The second-order valence-corrected chi connectivity index (χ2v) is 8.82. The quantitative estimate of drug-likeness (QED) is 0.877. The van der Waals surface area contributed by atoms with Crippen LogP contribution < -0.4 is 0 Å². The van der Waals surface area contributed by atoms with Crippen LogP contribution in [0, 0.1) is 6.92 Å². The topological polar surface area (TPSA) is 70.5 Å². The molecule has 2 rings (SSSR count). The molecule has 0 aliphatic rings. The summed E-state index contributed by atoms with van der Waals surface area (Å²) < 4.78 is 26.4. The standard InChI is InChI=1S/C12H16N2O3S3/c1-9-13-10(8-18-9)7-14(2)20(16,17)12-4-3-11(19-12)5-6-15/h3-4,8,15H,5-7H2,1-2H3. The van der Waals surface area contributed by atoms with E-state index in [0.717, 1.165) is 15.6 Å². The van der Waals surface area contributed by atoms with Gasteiger partial charge in [-0.25, -0.2) is 13.4 Å². The monoisotopic (exact) mass is 332 g/mol. The highest BCUT2D eigenvalue weighted by Crippen LogP contribution is 2.25. The van der Waals surface area contributed by atoms with Crippen LogP contribution in [0.25, 0.3) is 0 Å². The van der Waals surface area contributed by atoms with Gasteiger partial charge in [-0.15, -0.1) is 22.7 Å². The molecule has 0 atom stereocenters. The Morgan fingerprint density at radius 3 is 2.75 bits per heavy atom. The first kappa shape index (κ1) is 15.6. The predicted octanol–water partition coefficient (Wildman–Crippen LogP) is 1.87. The first-order chi connectivity index (χ1) is 9.43. The SMILES string of the molecule is Cc1nc(CN(C)S(=O)(=O)c2ccc(CCO)s2)cs1. The van der Waals surface area contributed by atoms with Crippen LogP contribution in [-0.4, -0.2) is 36.5 Å². The Hall–Kier alpha value is -0.800. The number of hydrogen-bond acceptors (Lipinski definition) is 6. The zero-order chi connectivity index (χ0) is 14.8. The van der Waals surface area contributed by atoms with E-state index < -0.39 is 10.0 Å². The third-order valence-electron chi connectivity index (χ3n) is 2.71. The minimum absolute atomic E-state index is 0.0218. The number of sulfonamides is 1. The highest BCUT2D eigenvalue weighted by atomic mass is 32.2. The van der Waals surface area contributed by atoms with Crippen molar-refractivity contribution < 1.29 is 13.5 Å². The van der Waals surface area contributed by atoms with E-state index in [-0.39, 0.29) is 13.2 Å². The molecule has 2 heterocycles. The molecule has 0 radical (unpaired) electrons. The van der Waals surface area contributed by atoms with E-state index in [1.54, 1.807) is 19.2 Å². The van der Waals surface area contributed by atoms with E-state index in [1.807, 2.05) is 12.3 Å². The van der Waals surface area contributed by atoms with E-state index in [4.69, 9.17) is 5.11 Å². The molecule has 110 valence electrons. The largest absolute Gasteiger partial charge is 0.396 e. The van der Waals surface area contributed by atoms with Crippen molar-refractivity contribution in [3.8, 4) is 0 Å². The van der Waals surface area contributed by atoms with Crippen molar-refractivity contribution in [3.05, 3.63) is 33.1 Å². The summed E-state index contributed by atoms with van der Waals surface area (Å²) in [6, 6.07) is 3.34. The van der Waals surface area contributed by atoms with Gasteiger partial charge < -0.3 is 5.11 Å². The maximum absolute atomic E-state index is 12.4. The van der Waals surface area contributed by atoms with Gasteiger partial charge in [0.1, 0.15) is 4.21 Å². The van der Waals surface area contributed by atoms with Gasteiger partial charge in [0.15, 0.2) is 0 Å². The number of aryl methyl sites for hydroxylation is 1. The van der Waals surface area contributed by atoms with Crippen molar-refractivity contribution in [1.29, 1.82) is 0 Å². The molecular formula is C12H16N2O3S3. The van der Waals surface area contributed by atoms with Gasteiger partial charge in [-0.1, -0.05) is 0 Å². The summed E-state index contributed by atoms with van der Waals surface area (Å²) in [5, 5.41) is 11.7. The zero-order valence-corrected chi connectivity index (χ0v) is 13.7. The molecule has 0 saturated heterocycles. The highest BCUT2D eigenvalue weighted by molar-refractivity contribution is 7.91. The van der Waals surface area contributed by atoms with E-state index in [9.17, 15) is 8.42 Å². The van der Waals surface area contributed by atoms with Crippen molar-refractivity contribution >= 4 is 32.7 Å². The summed E-state index contributed by atoms with van der Waals surface area (Å²) >= 11 is 2.71. The van der Waals surface area contributed by atoms with Crippen molar-refractivity contribution in [1.82, 2.24) is 9.29 Å². The van der Waals surface area contributed by atoms with E-state index in [0.29, 0.717) is 10.6 Å². The Bertz CT molecular complexity index is 676. The Morgan fingerprint density at radius 1 is 1.40 bits per heavy atom. The number of aliphatic hydroxyl groups is 1. The summed E-state index contributed by atoms with van der Waals surface area (Å²) in [5.74, 6) is 0. The molecule has 2 aromatic heterocycles. The van der Waals surface area contributed by atoms with Crippen LogP contribution in [0.2, 0.25) is 0 Å². The van der Waals surface area contributed by atoms with Crippen molar-refractivity contribution in [2.24, 2.45) is 0 Å². The number of aliphatic hydroxyl groups excluding tert-OH is 1. The molecule has 0 aliphatic heterocycles. The van der Waals surface area contributed by atoms with Gasteiger partial charge in [0.25, 0.3) is 10.0 Å². The normalized spacial score (nSPS) is 12.2. The van der Waals surface area contributed by atoms with Gasteiger partial charge in [0.05, 0.1) is 17.2 Å². The van der Waals surface area contributed by atoms with Gasteiger partial charge in [-0.05, 0) is 19.1 Å². The third-order valence-corrected chi connectivity index (χ3v) is 6.95. The fraction of sp³-hybridized carbons (Fsp3) is 0.417. The Balaban J connectivity index is 2.15. The number of aromatic nitrogens is 1. The summed E-state index contributed by atoms with van der Waals surface area (Å²) in [6.45, 7) is 2.18. The fourth-order valence-electron chi connectivity index (χ4n) is 1.69. The van der Waals surface area contributed by atoms with Crippen molar-refractivity contribution in [2.45, 2.75) is 24.1 Å². The van der Waals surface area contributed by atoms with Crippen molar-refractivity contribution in [3.63, 3.8) is 0 Å². The Morgan fingerprint density at radius 2 is 2.15 bits per heavy atom. The van der Waals surface area contributed by atoms with E-state index >= 15 is 0 Å². The van der Waals surface area contributed by atoms with Gasteiger partial charge in [-0.2, -0.15) is 4.31 Å². The second-order valence-electron chi connectivity index (χ2n) is 4.31. The molecule has 20 heavy (non-hydrogen) atoms. The Kier molecular flexibility index (Phi) is 4.92. The maximum Gasteiger partial charge on any atom is 0.252 e. The van der Waals surface area contributed by atoms with Crippen LogP contribution >= 0.6 is 22.7 Å². The molecule has 8 heteroatoms. The lowest BCUT2D eigenvalue weighted by Crippen LogP contribution is -2.25.